The summed E-state index contributed by atoms with van der Waals surface area (Å²) in [5, 5.41) is 5.07. The number of nitrogens with zero attached hydrogens (tertiary/aromatic N) is 4. The van der Waals surface area contributed by atoms with Crippen molar-refractivity contribution in [1.29, 1.82) is 0 Å². The van der Waals surface area contributed by atoms with Crippen LogP contribution in [0.25, 0.3) is 10.9 Å². The van der Waals surface area contributed by atoms with Crippen molar-refractivity contribution >= 4 is 16.8 Å². The molecule has 6 nitrogen and oxygen atoms in total. The van der Waals surface area contributed by atoms with Gasteiger partial charge < -0.3 is 14.0 Å². The summed E-state index contributed by atoms with van der Waals surface area (Å²) in [7, 11) is 0. The molecule has 5 rings (SSSR count). The van der Waals surface area contributed by atoms with Crippen LogP contribution in [0.5, 0.6) is 0 Å². The molecule has 0 N–H and O–H groups in total. The fourth-order valence-electron chi connectivity index (χ4n) is 6.05. The highest BCUT2D eigenvalue weighted by Crippen LogP contribution is 2.52. The maximum atomic E-state index is 13.4. The van der Waals surface area contributed by atoms with Gasteiger partial charge in [0.05, 0.1) is 0 Å². The summed E-state index contributed by atoms with van der Waals surface area (Å²) in [6, 6.07) is 8.54. The van der Waals surface area contributed by atoms with Gasteiger partial charge in [-0.15, -0.1) is 0 Å². The normalized spacial score (nSPS) is 25.2. The van der Waals surface area contributed by atoms with Crippen molar-refractivity contribution in [2.24, 2.45) is 10.8 Å². The van der Waals surface area contributed by atoms with Crippen LogP contribution in [0, 0.1) is 17.8 Å². The minimum absolute atomic E-state index is 0.179. The third kappa shape index (κ3) is 3.42. The van der Waals surface area contributed by atoms with Crippen molar-refractivity contribution in [1.82, 2.24) is 19.6 Å². The van der Waals surface area contributed by atoms with Crippen LogP contribution < -0.4 is 0 Å². The molecule has 1 saturated carbocycles. The number of amides is 1. The highest BCUT2D eigenvalue weighted by Gasteiger charge is 2.51. The number of aryl methyl sites for hydroxylation is 3. The van der Waals surface area contributed by atoms with Crippen LogP contribution in [-0.4, -0.2) is 38.1 Å². The lowest BCUT2D eigenvalue weighted by Crippen LogP contribution is -2.37. The third-order valence-corrected chi connectivity index (χ3v) is 6.84. The van der Waals surface area contributed by atoms with Gasteiger partial charge in [0.25, 0.3) is 5.91 Å². The van der Waals surface area contributed by atoms with E-state index in [0.29, 0.717) is 23.8 Å². The van der Waals surface area contributed by atoms with Crippen molar-refractivity contribution < 1.29 is 9.32 Å². The van der Waals surface area contributed by atoms with Crippen LogP contribution in [0.1, 0.15) is 62.1 Å². The lowest BCUT2D eigenvalue weighted by molar-refractivity contribution is 0.0708. The van der Waals surface area contributed by atoms with Crippen LogP contribution >= 0.6 is 0 Å². The zero-order valence-corrected chi connectivity index (χ0v) is 18.3. The van der Waals surface area contributed by atoms with Gasteiger partial charge in [0.2, 0.25) is 5.89 Å². The van der Waals surface area contributed by atoms with Crippen LogP contribution in [0.3, 0.4) is 0 Å². The zero-order valence-electron chi connectivity index (χ0n) is 18.3. The second-order valence-corrected chi connectivity index (χ2v) is 10.4. The second-order valence-electron chi connectivity index (χ2n) is 10.4. The minimum atomic E-state index is 0.179. The Balaban J connectivity index is 1.35. The summed E-state index contributed by atoms with van der Waals surface area (Å²) in [4.78, 5) is 19.8. The van der Waals surface area contributed by atoms with E-state index in [4.69, 9.17) is 4.52 Å². The Kier molecular flexibility index (Phi) is 4.31. The lowest BCUT2D eigenvalue weighted by atomic mass is 9.65. The molecule has 2 unspecified atom stereocenters. The summed E-state index contributed by atoms with van der Waals surface area (Å²) < 4.78 is 7.23. The molecular weight excluding hydrogens is 376 g/mol. The lowest BCUT2D eigenvalue weighted by Gasteiger charge is -2.39. The molecule has 1 aliphatic heterocycles. The van der Waals surface area contributed by atoms with E-state index in [9.17, 15) is 4.79 Å². The molecule has 1 aromatic carbocycles. The fraction of sp³-hybridized carbons (Fsp3) is 0.542. The summed E-state index contributed by atoms with van der Waals surface area (Å²) in [6.45, 7) is 10.5. The van der Waals surface area contributed by atoms with Gasteiger partial charge in [0, 0.05) is 55.1 Å². The Morgan fingerprint density at radius 3 is 2.83 bits per heavy atom. The van der Waals surface area contributed by atoms with Crippen molar-refractivity contribution in [2.45, 2.75) is 66.0 Å². The van der Waals surface area contributed by atoms with Gasteiger partial charge in [-0.2, -0.15) is 4.98 Å². The highest BCUT2D eigenvalue weighted by molar-refractivity contribution is 5.98. The number of fused-ring (bicyclic) bond motifs is 3. The van der Waals surface area contributed by atoms with Crippen molar-refractivity contribution in [3.63, 3.8) is 0 Å². The quantitative estimate of drug-likeness (QED) is 0.634. The van der Waals surface area contributed by atoms with Gasteiger partial charge in [-0.25, -0.2) is 0 Å². The van der Waals surface area contributed by atoms with Gasteiger partial charge in [0.1, 0.15) is 0 Å². The van der Waals surface area contributed by atoms with Crippen molar-refractivity contribution in [3.8, 4) is 0 Å². The average molecular weight is 407 g/mol. The SMILES string of the molecule is Cc1nc(CCn2ccc3cc(C(=O)N4CC5(C)CC4CC(C)(C)C5)ccc32)no1. The number of hydrogen-bond donors (Lipinski definition) is 0. The van der Waals surface area contributed by atoms with Crippen molar-refractivity contribution in [2.75, 3.05) is 6.54 Å². The molecule has 0 radical (unpaired) electrons. The van der Waals surface area contributed by atoms with Gasteiger partial charge in [-0.1, -0.05) is 25.9 Å². The number of rotatable bonds is 4. The van der Waals surface area contributed by atoms with E-state index < -0.39 is 0 Å². The Hall–Kier alpha value is -2.63. The highest BCUT2D eigenvalue weighted by atomic mass is 16.5. The predicted octanol–water partition coefficient (Wildman–Crippen LogP) is 4.62. The first-order valence-corrected chi connectivity index (χ1v) is 10.9. The number of hydrogen-bond acceptors (Lipinski definition) is 4. The number of aromatic nitrogens is 3. The Bertz CT molecular complexity index is 1110. The number of carbonyl (C=O) groups excluding carboxylic acids is 1. The Labute approximate surface area is 177 Å². The van der Waals surface area contributed by atoms with E-state index in [1.54, 1.807) is 6.92 Å². The molecule has 2 bridgehead atoms. The van der Waals surface area contributed by atoms with Gasteiger partial charge in [0.15, 0.2) is 5.82 Å². The molecule has 158 valence electrons. The van der Waals surface area contributed by atoms with Crippen LogP contribution in [-0.2, 0) is 13.0 Å². The molecule has 2 aromatic heterocycles. The monoisotopic (exact) mass is 406 g/mol. The number of likely N-dealkylation sites (tertiary alicyclic amines) is 1. The molecule has 6 heteroatoms. The molecule has 30 heavy (non-hydrogen) atoms. The first-order chi connectivity index (χ1) is 14.2. The van der Waals surface area contributed by atoms with Gasteiger partial charge >= 0.3 is 0 Å². The smallest absolute Gasteiger partial charge is 0.254 e. The summed E-state index contributed by atoms with van der Waals surface area (Å²) in [6.07, 6.45) is 6.21. The molecule has 1 amide bonds. The topological polar surface area (TPSA) is 64.2 Å². The summed E-state index contributed by atoms with van der Waals surface area (Å²) in [5.74, 6) is 1.49. The van der Waals surface area contributed by atoms with Gasteiger partial charge in [-0.3, -0.25) is 4.79 Å². The second kappa shape index (κ2) is 6.69. The van der Waals surface area contributed by atoms with E-state index in [2.05, 4.69) is 58.7 Å². The first kappa shape index (κ1) is 19.3. The first-order valence-electron chi connectivity index (χ1n) is 10.9. The summed E-state index contributed by atoms with van der Waals surface area (Å²) >= 11 is 0. The van der Waals surface area contributed by atoms with Crippen LogP contribution in [0.4, 0.5) is 0 Å². The van der Waals surface area contributed by atoms with Crippen LogP contribution in [0.2, 0.25) is 0 Å². The molecule has 1 aliphatic carbocycles. The molecule has 1 saturated heterocycles. The number of benzene rings is 1. The van der Waals surface area contributed by atoms with E-state index in [1.807, 2.05) is 12.1 Å². The Morgan fingerprint density at radius 2 is 2.07 bits per heavy atom. The standard InChI is InChI=1S/C24H30N4O2/c1-16-25-21(26-30-16)8-10-27-9-7-17-11-18(5-6-20(17)27)22(29)28-15-24(4)13-19(28)12-23(2,3)14-24/h5-7,9,11,19H,8,10,12-15H2,1-4H3. The van der Waals surface area contributed by atoms with E-state index in [0.717, 1.165) is 48.2 Å². The zero-order chi connectivity index (χ0) is 21.1. The molecule has 0 spiro atoms. The predicted molar refractivity (Wildman–Crippen MR) is 115 cm³/mol. The minimum Gasteiger partial charge on any atom is -0.347 e. The average Bonchev–Trinajstić information content (AvgIpc) is 3.33. The van der Waals surface area contributed by atoms with E-state index in [-0.39, 0.29) is 11.3 Å². The Morgan fingerprint density at radius 1 is 1.23 bits per heavy atom. The van der Waals surface area contributed by atoms with Gasteiger partial charge in [-0.05, 0) is 54.4 Å². The molecule has 2 atom stereocenters. The maximum Gasteiger partial charge on any atom is 0.254 e. The van der Waals surface area contributed by atoms with E-state index >= 15 is 0 Å². The van der Waals surface area contributed by atoms with Crippen LogP contribution in [0.15, 0.2) is 35.0 Å². The largest absolute Gasteiger partial charge is 0.347 e. The molecule has 2 aliphatic rings. The molecular formula is C24H30N4O2. The molecule has 2 fully saturated rings. The van der Waals surface area contributed by atoms with Crippen molar-refractivity contribution in [3.05, 3.63) is 47.7 Å². The third-order valence-electron chi connectivity index (χ3n) is 6.84. The van der Waals surface area contributed by atoms with E-state index in [1.165, 1.54) is 6.42 Å². The molecule has 3 aromatic rings. The number of carbonyl (C=O) groups is 1. The molecule has 3 heterocycles. The summed E-state index contributed by atoms with van der Waals surface area (Å²) in [5.41, 5.74) is 2.48. The maximum absolute atomic E-state index is 13.4. The fourth-order valence-corrected chi connectivity index (χ4v) is 6.05.